The third-order valence-corrected chi connectivity index (χ3v) is 5.95. The van der Waals surface area contributed by atoms with E-state index in [1.165, 1.54) is 10.5 Å². The van der Waals surface area contributed by atoms with Crippen LogP contribution in [0.4, 0.5) is 4.79 Å². The fraction of sp³-hybridized carbons (Fsp3) is 0.375. The maximum absolute atomic E-state index is 13.3. The van der Waals surface area contributed by atoms with Crippen molar-refractivity contribution in [3.05, 3.63) is 70.8 Å². The van der Waals surface area contributed by atoms with E-state index >= 15 is 0 Å². The van der Waals surface area contributed by atoms with E-state index < -0.39 is 29.7 Å². The molecule has 2 aromatic carbocycles. The Bertz CT molecular complexity index is 1010. The van der Waals surface area contributed by atoms with Gasteiger partial charge in [-0.15, -0.1) is 0 Å². The molecule has 156 valence electrons. The van der Waals surface area contributed by atoms with E-state index in [9.17, 15) is 9.59 Å². The van der Waals surface area contributed by atoms with Gasteiger partial charge in [-0.3, -0.25) is 4.79 Å². The Hall–Kier alpha value is -3.15. The number of benzene rings is 2. The van der Waals surface area contributed by atoms with Gasteiger partial charge in [0.25, 0.3) is 5.91 Å². The van der Waals surface area contributed by atoms with Crippen LogP contribution in [0, 0.1) is 13.8 Å². The van der Waals surface area contributed by atoms with Crippen molar-refractivity contribution in [1.29, 1.82) is 0 Å². The van der Waals surface area contributed by atoms with Crippen molar-refractivity contribution in [2.75, 3.05) is 0 Å². The summed E-state index contributed by atoms with van der Waals surface area (Å²) in [6.07, 6.45) is -0.623. The molecule has 2 heterocycles. The number of hydrogen-bond donors (Lipinski definition) is 0. The number of carbonyl (C=O) groups excluding carboxylic acids is 2. The molecule has 1 fully saturated rings. The highest BCUT2D eigenvalue weighted by Gasteiger charge is 2.52. The molecule has 0 bridgehead atoms. The van der Waals surface area contributed by atoms with Crippen LogP contribution >= 0.6 is 0 Å². The monoisotopic (exact) mass is 406 g/mol. The zero-order valence-corrected chi connectivity index (χ0v) is 17.7. The molecular weight excluding hydrogens is 380 g/mol. The smallest absolute Gasteiger partial charge is 0.417 e. The van der Waals surface area contributed by atoms with Gasteiger partial charge in [-0.1, -0.05) is 47.6 Å². The second kappa shape index (κ2) is 7.59. The molecule has 0 unspecified atom stereocenters. The molecule has 2 amide bonds. The SMILES string of the molecule is Cc1ccc(C2=NO[C@H](C(=O)N3C(=O)OC(C)(C)[C@@H]3Cc3ccccc3)C2)cc1C. The summed E-state index contributed by atoms with van der Waals surface area (Å²) in [4.78, 5) is 32.6. The van der Waals surface area contributed by atoms with Gasteiger partial charge in [0, 0.05) is 6.42 Å². The first-order valence-corrected chi connectivity index (χ1v) is 10.2. The molecule has 0 saturated carbocycles. The van der Waals surface area contributed by atoms with Crippen LogP contribution in [0.2, 0.25) is 0 Å². The van der Waals surface area contributed by atoms with E-state index in [2.05, 4.69) is 5.16 Å². The first-order valence-electron chi connectivity index (χ1n) is 10.2. The van der Waals surface area contributed by atoms with Crippen molar-refractivity contribution >= 4 is 17.7 Å². The lowest BCUT2D eigenvalue weighted by atomic mass is 9.91. The van der Waals surface area contributed by atoms with E-state index in [1.807, 2.05) is 76.2 Å². The minimum absolute atomic E-state index is 0.323. The molecule has 6 nitrogen and oxygen atoms in total. The van der Waals surface area contributed by atoms with Crippen molar-refractivity contribution in [1.82, 2.24) is 4.90 Å². The van der Waals surface area contributed by atoms with E-state index in [1.54, 1.807) is 0 Å². The summed E-state index contributed by atoms with van der Waals surface area (Å²) in [5.74, 6) is -0.408. The Morgan fingerprint density at radius 3 is 2.57 bits per heavy atom. The topological polar surface area (TPSA) is 68.2 Å². The van der Waals surface area contributed by atoms with Crippen LogP contribution < -0.4 is 0 Å². The first-order chi connectivity index (χ1) is 14.3. The summed E-state index contributed by atoms with van der Waals surface area (Å²) in [7, 11) is 0. The lowest BCUT2D eigenvalue weighted by Crippen LogP contribution is -2.49. The quantitative estimate of drug-likeness (QED) is 0.764. The molecule has 1 saturated heterocycles. The van der Waals surface area contributed by atoms with E-state index in [-0.39, 0.29) is 0 Å². The summed E-state index contributed by atoms with van der Waals surface area (Å²) < 4.78 is 5.54. The summed E-state index contributed by atoms with van der Waals surface area (Å²) in [6, 6.07) is 15.4. The number of nitrogens with zero attached hydrogens (tertiary/aromatic N) is 2. The molecular formula is C24H26N2O4. The van der Waals surface area contributed by atoms with E-state index in [0.29, 0.717) is 18.6 Å². The lowest BCUT2D eigenvalue weighted by molar-refractivity contribution is -0.140. The summed E-state index contributed by atoms with van der Waals surface area (Å²) in [5.41, 5.74) is 4.22. The number of ether oxygens (including phenoxy) is 1. The average molecular weight is 406 g/mol. The number of imide groups is 1. The van der Waals surface area contributed by atoms with Crippen LogP contribution in [0.15, 0.2) is 53.7 Å². The maximum Gasteiger partial charge on any atom is 0.417 e. The molecule has 2 aliphatic heterocycles. The van der Waals surface area contributed by atoms with Crippen LogP contribution in [-0.4, -0.2) is 40.4 Å². The van der Waals surface area contributed by atoms with E-state index in [4.69, 9.17) is 9.57 Å². The Kier molecular flexibility index (Phi) is 5.10. The lowest BCUT2D eigenvalue weighted by Gasteiger charge is -2.28. The Morgan fingerprint density at radius 1 is 1.13 bits per heavy atom. The highest BCUT2D eigenvalue weighted by atomic mass is 16.6. The van der Waals surface area contributed by atoms with Gasteiger partial charge in [-0.25, -0.2) is 9.69 Å². The number of cyclic esters (lactones) is 1. The summed E-state index contributed by atoms with van der Waals surface area (Å²) in [6.45, 7) is 7.75. The molecule has 2 aliphatic rings. The van der Waals surface area contributed by atoms with Crippen molar-refractivity contribution in [2.24, 2.45) is 5.16 Å². The van der Waals surface area contributed by atoms with Crippen molar-refractivity contribution in [3.8, 4) is 0 Å². The normalized spacial score (nSPS) is 22.5. The molecule has 6 heteroatoms. The van der Waals surface area contributed by atoms with Crippen LogP contribution in [0.3, 0.4) is 0 Å². The molecule has 0 radical (unpaired) electrons. The Morgan fingerprint density at radius 2 is 1.87 bits per heavy atom. The minimum atomic E-state index is -0.832. The number of amides is 2. The fourth-order valence-corrected chi connectivity index (χ4v) is 3.95. The van der Waals surface area contributed by atoms with Gasteiger partial charge in [0.15, 0.2) is 0 Å². The zero-order valence-electron chi connectivity index (χ0n) is 17.7. The highest BCUT2D eigenvalue weighted by Crippen LogP contribution is 2.33. The molecule has 0 spiro atoms. The van der Waals surface area contributed by atoms with Gasteiger partial charge >= 0.3 is 6.09 Å². The third kappa shape index (κ3) is 3.70. The van der Waals surface area contributed by atoms with Gasteiger partial charge in [0.2, 0.25) is 6.10 Å². The fourth-order valence-electron chi connectivity index (χ4n) is 3.95. The number of carbonyl (C=O) groups is 2. The number of rotatable bonds is 4. The van der Waals surface area contributed by atoms with Gasteiger partial charge in [-0.05, 0) is 62.4 Å². The van der Waals surface area contributed by atoms with Crippen molar-refractivity contribution in [3.63, 3.8) is 0 Å². The van der Waals surface area contributed by atoms with Gasteiger partial charge in [0.1, 0.15) is 5.60 Å². The van der Waals surface area contributed by atoms with Crippen LogP contribution in [0.25, 0.3) is 0 Å². The largest absolute Gasteiger partial charge is 0.441 e. The second-order valence-corrected chi connectivity index (χ2v) is 8.52. The third-order valence-electron chi connectivity index (χ3n) is 5.95. The zero-order chi connectivity index (χ0) is 21.5. The Labute approximate surface area is 176 Å². The van der Waals surface area contributed by atoms with E-state index in [0.717, 1.165) is 16.7 Å². The Balaban J connectivity index is 1.53. The molecule has 4 rings (SSSR count). The van der Waals surface area contributed by atoms with Crippen LogP contribution in [0.1, 0.15) is 42.5 Å². The van der Waals surface area contributed by atoms with Gasteiger partial charge in [0.05, 0.1) is 11.8 Å². The molecule has 2 atom stereocenters. The van der Waals surface area contributed by atoms with Crippen molar-refractivity contribution in [2.45, 2.75) is 58.3 Å². The predicted octanol–water partition coefficient (Wildman–Crippen LogP) is 4.17. The molecule has 0 aliphatic carbocycles. The van der Waals surface area contributed by atoms with Crippen LogP contribution in [-0.2, 0) is 20.8 Å². The summed E-state index contributed by atoms with van der Waals surface area (Å²) >= 11 is 0. The molecule has 0 N–H and O–H groups in total. The van der Waals surface area contributed by atoms with Crippen LogP contribution in [0.5, 0.6) is 0 Å². The predicted molar refractivity (Wildman–Crippen MR) is 113 cm³/mol. The maximum atomic E-state index is 13.3. The first kappa shape index (κ1) is 20.1. The van der Waals surface area contributed by atoms with Gasteiger partial charge < -0.3 is 9.57 Å². The number of hydrogen-bond acceptors (Lipinski definition) is 5. The van der Waals surface area contributed by atoms with Gasteiger partial charge in [-0.2, -0.15) is 0 Å². The average Bonchev–Trinajstić information content (AvgIpc) is 3.27. The molecule has 2 aromatic rings. The minimum Gasteiger partial charge on any atom is -0.441 e. The second-order valence-electron chi connectivity index (χ2n) is 8.52. The molecule has 30 heavy (non-hydrogen) atoms. The number of oxime groups is 1. The summed E-state index contributed by atoms with van der Waals surface area (Å²) in [5, 5.41) is 4.14. The number of aryl methyl sites for hydroxylation is 2. The molecule has 0 aromatic heterocycles. The standard InChI is InChI=1S/C24H26N2O4/c1-15-10-11-18(12-16(15)2)19-14-20(30-25-19)22(27)26-21(24(3,4)29-23(26)28)13-17-8-6-5-7-9-17/h5-12,20-21H,13-14H2,1-4H3/t20-,21-/m0/s1. The van der Waals surface area contributed by atoms with Crippen molar-refractivity contribution < 1.29 is 19.2 Å². The highest BCUT2D eigenvalue weighted by molar-refractivity contribution is 6.06.